The minimum Gasteiger partial charge on any atom is -0.494 e. The maximum absolute atomic E-state index is 12.5. The van der Waals surface area contributed by atoms with Gasteiger partial charge in [-0.25, -0.2) is 0 Å². The topological polar surface area (TPSA) is 67.9 Å². The van der Waals surface area contributed by atoms with E-state index in [9.17, 15) is 9.59 Å². The van der Waals surface area contributed by atoms with E-state index in [1.165, 1.54) is 0 Å². The second-order valence-electron chi connectivity index (χ2n) is 8.06. The van der Waals surface area contributed by atoms with Crippen molar-refractivity contribution in [2.24, 2.45) is 0 Å². The molecule has 3 aromatic rings. The quantitative estimate of drug-likeness (QED) is 0.391. The van der Waals surface area contributed by atoms with Gasteiger partial charge < -0.3 is 19.7 Å². The van der Waals surface area contributed by atoms with Gasteiger partial charge in [-0.05, 0) is 67.3 Å². The third-order valence-corrected chi connectivity index (χ3v) is 5.78. The van der Waals surface area contributed by atoms with E-state index < -0.39 is 0 Å². The van der Waals surface area contributed by atoms with Gasteiger partial charge in [0.2, 0.25) is 5.91 Å². The van der Waals surface area contributed by atoms with Gasteiger partial charge in [-0.3, -0.25) is 9.59 Å². The van der Waals surface area contributed by atoms with Crippen molar-refractivity contribution in [1.29, 1.82) is 0 Å². The molecule has 3 aromatic carbocycles. The van der Waals surface area contributed by atoms with E-state index in [1.807, 2.05) is 42.5 Å². The molecule has 6 nitrogen and oxygen atoms in total. The minimum absolute atomic E-state index is 0.0110. The molecule has 2 amide bonds. The van der Waals surface area contributed by atoms with Gasteiger partial charge in [0.05, 0.1) is 12.3 Å². The maximum atomic E-state index is 12.5. The van der Waals surface area contributed by atoms with Gasteiger partial charge in [0.1, 0.15) is 11.5 Å². The second kappa shape index (κ2) is 11.6. The number of ether oxygens (including phenoxy) is 2. The van der Waals surface area contributed by atoms with Crippen LogP contribution in [0.5, 0.6) is 11.5 Å². The smallest absolute Gasteiger partial charge is 0.265 e. The van der Waals surface area contributed by atoms with Gasteiger partial charge in [-0.2, -0.15) is 0 Å². The van der Waals surface area contributed by atoms with E-state index in [0.717, 1.165) is 24.2 Å². The van der Waals surface area contributed by atoms with Crippen LogP contribution in [0.25, 0.3) is 0 Å². The molecule has 1 aliphatic rings. The molecule has 0 saturated carbocycles. The highest BCUT2D eigenvalue weighted by atomic mass is 35.5. The summed E-state index contributed by atoms with van der Waals surface area (Å²) in [6.07, 6.45) is 2.61. The number of amides is 2. The molecule has 4 rings (SSSR count). The van der Waals surface area contributed by atoms with Gasteiger partial charge in [-0.1, -0.05) is 41.9 Å². The first kappa shape index (κ1) is 23.6. The van der Waals surface area contributed by atoms with E-state index >= 15 is 0 Å². The zero-order chi connectivity index (χ0) is 23.8. The lowest BCUT2D eigenvalue weighted by Gasteiger charge is -2.30. The Kier molecular flexibility index (Phi) is 8.04. The van der Waals surface area contributed by atoms with E-state index in [4.69, 9.17) is 21.1 Å². The fraction of sp³-hybridized carbons (Fsp3) is 0.259. The Morgan fingerprint density at radius 3 is 2.62 bits per heavy atom. The molecule has 176 valence electrons. The molecule has 0 aromatic heterocycles. The van der Waals surface area contributed by atoms with E-state index in [-0.39, 0.29) is 18.4 Å². The van der Waals surface area contributed by atoms with E-state index in [1.54, 1.807) is 35.2 Å². The Labute approximate surface area is 204 Å². The summed E-state index contributed by atoms with van der Waals surface area (Å²) in [5.74, 6) is 1.24. The number of carbonyl (C=O) groups excluding carboxylic acids is 2. The molecule has 0 fully saturated rings. The van der Waals surface area contributed by atoms with Crippen LogP contribution < -0.4 is 19.7 Å². The summed E-state index contributed by atoms with van der Waals surface area (Å²) in [6, 6.07) is 22.5. The summed E-state index contributed by atoms with van der Waals surface area (Å²) in [7, 11) is 0. The van der Waals surface area contributed by atoms with Crippen LogP contribution in [0.15, 0.2) is 72.8 Å². The molecule has 0 radical (unpaired) electrons. The molecule has 0 spiro atoms. The Morgan fingerprint density at radius 2 is 1.82 bits per heavy atom. The van der Waals surface area contributed by atoms with Gasteiger partial charge in [0.25, 0.3) is 5.91 Å². The van der Waals surface area contributed by atoms with Gasteiger partial charge >= 0.3 is 0 Å². The molecule has 1 N–H and O–H groups in total. The highest BCUT2D eigenvalue weighted by Crippen LogP contribution is 2.35. The van der Waals surface area contributed by atoms with Crippen LogP contribution in [-0.4, -0.2) is 31.6 Å². The van der Waals surface area contributed by atoms with Crippen molar-refractivity contribution in [2.75, 3.05) is 30.0 Å². The van der Waals surface area contributed by atoms with Gasteiger partial charge in [0, 0.05) is 23.7 Å². The number of anilines is 2. The monoisotopic (exact) mass is 478 g/mol. The number of unbranched alkanes of at least 4 members (excludes halogenated alkanes) is 1. The van der Waals surface area contributed by atoms with E-state index in [0.29, 0.717) is 48.1 Å². The minimum atomic E-state index is -0.0985. The molecular weight excluding hydrogens is 452 g/mol. The average Bonchev–Trinajstić information content (AvgIpc) is 2.85. The van der Waals surface area contributed by atoms with Crippen LogP contribution in [-0.2, 0) is 16.0 Å². The normalized spacial score (nSPS) is 12.6. The summed E-state index contributed by atoms with van der Waals surface area (Å²) in [5.41, 5.74) is 2.44. The Morgan fingerprint density at radius 1 is 1.03 bits per heavy atom. The van der Waals surface area contributed by atoms with Crippen LogP contribution in [0, 0.1) is 0 Å². The first-order chi connectivity index (χ1) is 16.6. The predicted molar refractivity (Wildman–Crippen MR) is 134 cm³/mol. The van der Waals surface area contributed by atoms with Gasteiger partial charge in [0.15, 0.2) is 6.61 Å². The summed E-state index contributed by atoms with van der Waals surface area (Å²) in [6.45, 7) is 1.10. The van der Waals surface area contributed by atoms with Crippen molar-refractivity contribution in [3.05, 3.63) is 83.4 Å². The molecule has 34 heavy (non-hydrogen) atoms. The summed E-state index contributed by atoms with van der Waals surface area (Å²) >= 11 is 5.89. The number of halogens is 1. The largest absolute Gasteiger partial charge is 0.494 e. The van der Waals surface area contributed by atoms with Crippen LogP contribution >= 0.6 is 11.6 Å². The first-order valence-corrected chi connectivity index (χ1v) is 11.8. The number of aryl methyl sites for hydroxylation is 1. The van der Waals surface area contributed by atoms with Gasteiger partial charge in [-0.15, -0.1) is 0 Å². The van der Waals surface area contributed by atoms with Crippen LogP contribution in [0.3, 0.4) is 0 Å². The molecule has 0 atom stereocenters. The molecule has 1 aliphatic heterocycles. The standard InChI is InChI=1S/C27H27ClN2O4/c28-21-9-12-23(13-10-21)33-17-5-4-16-30-24-18-22(11-14-25(24)34-19-27(30)32)29-26(31)15-8-20-6-2-1-3-7-20/h1-3,6-7,9-14,18H,4-5,8,15-17,19H2,(H,29,31). The van der Waals surface area contributed by atoms with Crippen molar-refractivity contribution in [3.8, 4) is 11.5 Å². The Bertz CT molecular complexity index is 1120. The third kappa shape index (κ3) is 6.51. The number of nitrogens with one attached hydrogen (secondary N) is 1. The molecule has 0 aliphatic carbocycles. The zero-order valence-corrected chi connectivity index (χ0v) is 19.6. The number of benzene rings is 3. The molecule has 0 unspecified atom stereocenters. The number of hydrogen-bond acceptors (Lipinski definition) is 4. The predicted octanol–water partition coefficient (Wildman–Crippen LogP) is 5.50. The fourth-order valence-electron chi connectivity index (χ4n) is 3.74. The first-order valence-electron chi connectivity index (χ1n) is 11.4. The van der Waals surface area contributed by atoms with Crippen molar-refractivity contribution in [2.45, 2.75) is 25.7 Å². The Balaban J connectivity index is 1.30. The van der Waals surface area contributed by atoms with Crippen molar-refractivity contribution in [3.63, 3.8) is 0 Å². The SMILES string of the molecule is O=C(CCc1ccccc1)Nc1ccc2c(c1)N(CCCCOc1ccc(Cl)cc1)C(=O)CO2. The maximum Gasteiger partial charge on any atom is 0.265 e. The van der Waals surface area contributed by atoms with Crippen molar-refractivity contribution >= 4 is 34.8 Å². The van der Waals surface area contributed by atoms with Crippen LogP contribution in [0.1, 0.15) is 24.8 Å². The van der Waals surface area contributed by atoms with Crippen LogP contribution in [0.4, 0.5) is 11.4 Å². The lowest BCUT2D eigenvalue weighted by Crippen LogP contribution is -2.39. The number of hydrogen-bond donors (Lipinski definition) is 1. The lowest BCUT2D eigenvalue weighted by molar-refractivity contribution is -0.121. The second-order valence-corrected chi connectivity index (χ2v) is 8.50. The third-order valence-electron chi connectivity index (χ3n) is 5.53. The fourth-order valence-corrected chi connectivity index (χ4v) is 3.87. The number of nitrogens with zero attached hydrogens (tertiary/aromatic N) is 1. The van der Waals surface area contributed by atoms with Crippen molar-refractivity contribution < 1.29 is 19.1 Å². The molecular formula is C27H27ClN2O4. The molecule has 1 heterocycles. The van der Waals surface area contributed by atoms with Crippen molar-refractivity contribution in [1.82, 2.24) is 0 Å². The summed E-state index contributed by atoms with van der Waals surface area (Å²) < 4.78 is 11.3. The molecule has 7 heteroatoms. The number of rotatable bonds is 10. The zero-order valence-electron chi connectivity index (χ0n) is 18.8. The molecule has 0 bridgehead atoms. The average molecular weight is 479 g/mol. The lowest BCUT2D eigenvalue weighted by atomic mass is 10.1. The highest BCUT2D eigenvalue weighted by Gasteiger charge is 2.25. The highest BCUT2D eigenvalue weighted by molar-refractivity contribution is 6.30. The van der Waals surface area contributed by atoms with Crippen LogP contribution in [0.2, 0.25) is 5.02 Å². The van der Waals surface area contributed by atoms with E-state index in [2.05, 4.69) is 5.32 Å². The summed E-state index contributed by atoms with van der Waals surface area (Å²) in [5, 5.41) is 3.60. The number of fused-ring (bicyclic) bond motifs is 1. The number of carbonyl (C=O) groups is 2. The molecule has 0 saturated heterocycles. The Hall–Kier alpha value is -3.51. The summed E-state index contributed by atoms with van der Waals surface area (Å²) in [4.78, 5) is 26.7.